The van der Waals surface area contributed by atoms with Gasteiger partial charge in [0, 0.05) is 0 Å². The zero-order chi connectivity index (χ0) is 12.2. The van der Waals surface area contributed by atoms with Gasteiger partial charge in [0.05, 0.1) is 0 Å². The summed E-state index contributed by atoms with van der Waals surface area (Å²) in [5, 5.41) is 0. The third-order valence-electron chi connectivity index (χ3n) is 3.10. The molecule has 3 rings (SSSR count). The summed E-state index contributed by atoms with van der Waals surface area (Å²) in [4.78, 5) is 0. The van der Waals surface area contributed by atoms with Gasteiger partial charge < -0.3 is 0 Å². The number of rotatable bonds is 2. The van der Waals surface area contributed by atoms with E-state index in [0.717, 1.165) is 0 Å². The molecule has 3 aromatic carbocycles. The highest BCUT2D eigenvalue weighted by molar-refractivity contribution is 8.93. The number of benzene rings is 3. The molecule has 0 fully saturated rings. The minimum absolute atomic E-state index is 0. The maximum Gasteiger partial charge on any atom is -0.0105 e. The Morgan fingerprint density at radius 1 is 0.368 bits per heavy atom. The van der Waals surface area contributed by atoms with Gasteiger partial charge in [-0.25, -0.2) is 0 Å². The van der Waals surface area contributed by atoms with E-state index in [4.69, 9.17) is 0 Å². The highest BCUT2D eigenvalue weighted by Gasteiger charge is 2.05. The van der Waals surface area contributed by atoms with Crippen molar-refractivity contribution in [3.05, 3.63) is 84.9 Å². The van der Waals surface area contributed by atoms with E-state index in [9.17, 15) is 0 Å². The van der Waals surface area contributed by atoms with Crippen LogP contribution >= 0.6 is 17.0 Å². The Bertz CT molecular complexity index is 572. The van der Waals surface area contributed by atoms with Crippen LogP contribution in [0.15, 0.2) is 84.9 Å². The van der Waals surface area contributed by atoms with Crippen molar-refractivity contribution in [3.63, 3.8) is 0 Å². The van der Waals surface area contributed by atoms with Crippen molar-refractivity contribution >= 4 is 17.0 Å². The third kappa shape index (κ3) is 2.94. The van der Waals surface area contributed by atoms with Gasteiger partial charge in [0.1, 0.15) is 0 Å². The lowest BCUT2D eigenvalue weighted by Crippen LogP contribution is -1.83. The molecule has 0 amide bonds. The lowest BCUT2D eigenvalue weighted by Gasteiger charge is -2.09. The first-order valence-corrected chi connectivity index (χ1v) is 6.15. The Balaban J connectivity index is 0.00000133. The van der Waals surface area contributed by atoms with Crippen LogP contribution in [-0.2, 0) is 0 Å². The number of halogens is 1. The summed E-state index contributed by atoms with van der Waals surface area (Å²) in [5.41, 5.74) is 5.09. The maximum absolute atomic E-state index is 2.18. The Morgan fingerprint density at radius 2 is 0.684 bits per heavy atom. The summed E-state index contributed by atoms with van der Waals surface area (Å²) in [6.45, 7) is 0. The molecule has 19 heavy (non-hydrogen) atoms. The minimum atomic E-state index is 0. The molecule has 0 heterocycles. The molecule has 0 saturated heterocycles. The fourth-order valence-electron chi connectivity index (χ4n) is 2.22. The quantitative estimate of drug-likeness (QED) is 0.578. The average Bonchev–Trinajstić information content (AvgIpc) is 2.49. The first kappa shape index (κ1) is 13.6. The fourth-order valence-corrected chi connectivity index (χ4v) is 2.22. The molecule has 0 aliphatic heterocycles. The molecule has 0 unspecified atom stereocenters. The van der Waals surface area contributed by atoms with Crippen molar-refractivity contribution < 1.29 is 0 Å². The summed E-state index contributed by atoms with van der Waals surface area (Å²) in [6, 6.07) is 29.6. The highest BCUT2D eigenvalue weighted by atomic mass is 79.9. The first-order valence-electron chi connectivity index (χ1n) is 6.15. The molecule has 0 aliphatic carbocycles. The van der Waals surface area contributed by atoms with Crippen LogP contribution in [0, 0.1) is 0 Å². The fraction of sp³-hybridized carbons (Fsp3) is 0. The van der Waals surface area contributed by atoms with Crippen LogP contribution in [0.1, 0.15) is 0 Å². The van der Waals surface area contributed by atoms with Crippen LogP contribution in [-0.4, -0.2) is 0 Å². The largest absolute Gasteiger partial charge is 0.114 e. The summed E-state index contributed by atoms with van der Waals surface area (Å²) < 4.78 is 0. The standard InChI is InChI=1S/C18H14.BrH/c1-3-9-15(10-4-1)17-13-7-8-14-18(17)16-11-5-2-6-12-16;/h1-14H;1H. The van der Waals surface area contributed by atoms with Crippen LogP contribution < -0.4 is 0 Å². The van der Waals surface area contributed by atoms with E-state index in [1.807, 2.05) is 0 Å². The SMILES string of the molecule is Br.c1ccc(-c2ccccc2-c2ccccc2)cc1. The molecule has 0 aliphatic rings. The van der Waals surface area contributed by atoms with Gasteiger partial charge in [-0.2, -0.15) is 0 Å². The van der Waals surface area contributed by atoms with Gasteiger partial charge in [0.25, 0.3) is 0 Å². The Labute approximate surface area is 124 Å². The molecule has 1 heteroatoms. The van der Waals surface area contributed by atoms with E-state index >= 15 is 0 Å². The Hall–Kier alpha value is -1.86. The van der Waals surface area contributed by atoms with Gasteiger partial charge in [-0.15, -0.1) is 17.0 Å². The highest BCUT2D eigenvalue weighted by Crippen LogP contribution is 2.31. The number of hydrogen-bond acceptors (Lipinski definition) is 0. The molecule has 0 N–H and O–H groups in total. The first-order chi connectivity index (χ1) is 8.95. The van der Waals surface area contributed by atoms with E-state index in [0.29, 0.717) is 0 Å². The van der Waals surface area contributed by atoms with Crippen LogP contribution in [0.4, 0.5) is 0 Å². The van der Waals surface area contributed by atoms with Crippen molar-refractivity contribution in [2.45, 2.75) is 0 Å². The third-order valence-corrected chi connectivity index (χ3v) is 3.10. The van der Waals surface area contributed by atoms with Gasteiger partial charge >= 0.3 is 0 Å². The molecule has 0 nitrogen and oxygen atoms in total. The van der Waals surface area contributed by atoms with E-state index in [2.05, 4.69) is 84.9 Å². The van der Waals surface area contributed by atoms with Crippen molar-refractivity contribution in [1.29, 1.82) is 0 Å². The molecular formula is C18H15Br. The molecule has 0 radical (unpaired) electrons. The van der Waals surface area contributed by atoms with Gasteiger partial charge in [-0.05, 0) is 22.3 Å². The van der Waals surface area contributed by atoms with E-state index in [1.165, 1.54) is 22.3 Å². The lowest BCUT2D eigenvalue weighted by atomic mass is 9.95. The summed E-state index contributed by atoms with van der Waals surface area (Å²) >= 11 is 0. The van der Waals surface area contributed by atoms with Crippen molar-refractivity contribution in [3.8, 4) is 22.3 Å². The topological polar surface area (TPSA) is 0 Å². The predicted molar refractivity (Wildman–Crippen MR) is 87.6 cm³/mol. The molecule has 0 aromatic heterocycles. The van der Waals surface area contributed by atoms with E-state index < -0.39 is 0 Å². The zero-order valence-electron chi connectivity index (χ0n) is 10.5. The van der Waals surface area contributed by atoms with Gasteiger partial charge in [0.2, 0.25) is 0 Å². The normalized spacial score (nSPS) is 9.68. The molecular weight excluding hydrogens is 296 g/mol. The minimum Gasteiger partial charge on any atom is -0.114 e. The van der Waals surface area contributed by atoms with Crippen molar-refractivity contribution in [2.75, 3.05) is 0 Å². The number of hydrogen-bond donors (Lipinski definition) is 0. The van der Waals surface area contributed by atoms with Gasteiger partial charge in [0.15, 0.2) is 0 Å². The average molecular weight is 311 g/mol. The molecule has 0 spiro atoms. The Morgan fingerprint density at radius 3 is 1.05 bits per heavy atom. The second-order valence-corrected chi connectivity index (χ2v) is 4.28. The zero-order valence-corrected chi connectivity index (χ0v) is 12.2. The van der Waals surface area contributed by atoms with Crippen molar-refractivity contribution in [1.82, 2.24) is 0 Å². The summed E-state index contributed by atoms with van der Waals surface area (Å²) in [7, 11) is 0. The maximum atomic E-state index is 2.18. The Kier molecular flexibility index (Phi) is 4.53. The predicted octanol–water partition coefficient (Wildman–Crippen LogP) is 5.60. The van der Waals surface area contributed by atoms with Crippen LogP contribution in [0.2, 0.25) is 0 Å². The second kappa shape index (κ2) is 6.35. The van der Waals surface area contributed by atoms with Crippen LogP contribution in [0.3, 0.4) is 0 Å². The molecule has 0 saturated carbocycles. The molecule has 0 atom stereocenters. The molecule has 94 valence electrons. The molecule has 0 bridgehead atoms. The van der Waals surface area contributed by atoms with Gasteiger partial charge in [-0.1, -0.05) is 84.9 Å². The van der Waals surface area contributed by atoms with Crippen molar-refractivity contribution in [2.24, 2.45) is 0 Å². The summed E-state index contributed by atoms with van der Waals surface area (Å²) in [6.07, 6.45) is 0. The molecule has 3 aromatic rings. The monoisotopic (exact) mass is 310 g/mol. The van der Waals surface area contributed by atoms with E-state index in [-0.39, 0.29) is 17.0 Å². The van der Waals surface area contributed by atoms with Gasteiger partial charge in [-0.3, -0.25) is 0 Å². The van der Waals surface area contributed by atoms with E-state index in [1.54, 1.807) is 0 Å². The van der Waals surface area contributed by atoms with Crippen LogP contribution in [0.25, 0.3) is 22.3 Å². The second-order valence-electron chi connectivity index (χ2n) is 4.28. The van der Waals surface area contributed by atoms with Crippen LogP contribution in [0.5, 0.6) is 0 Å². The lowest BCUT2D eigenvalue weighted by molar-refractivity contribution is 1.58. The smallest absolute Gasteiger partial charge is 0.0105 e. The summed E-state index contributed by atoms with van der Waals surface area (Å²) in [5.74, 6) is 0.